The van der Waals surface area contributed by atoms with E-state index in [1.54, 1.807) is 6.07 Å². The highest BCUT2D eigenvalue weighted by molar-refractivity contribution is 7.98. The molecule has 1 N–H and O–H groups in total. The van der Waals surface area contributed by atoms with Crippen molar-refractivity contribution >= 4 is 40.8 Å². The number of carbonyl (C=O) groups excluding carboxylic acids is 1. The van der Waals surface area contributed by atoms with Gasteiger partial charge in [-0.05, 0) is 42.5 Å². The van der Waals surface area contributed by atoms with Gasteiger partial charge in [-0.1, -0.05) is 11.6 Å². The number of nitrogens with one attached hydrogen (secondary N) is 1. The minimum Gasteiger partial charge on any atom is -0.376 e. The monoisotopic (exact) mass is 327 g/mol. The molecule has 6 heteroatoms. The third-order valence-electron chi connectivity index (χ3n) is 3.66. The van der Waals surface area contributed by atoms with Crippen molar-refractivity contribution in [3.63, 3.8) is 0 Å². The van der Waals surface area contributed by atoms with E-state index in [1.807, 2.05) is 47.8 Å². The number of nitrogens with zero attached hydrogens (tertiary/aromatic N) is 2. The van der Waals surface area contributed by atoms with Crippen molar-refractivity contribution in [1.29, 1.82) is 0 Å². The van der Waals surface area contributed by atoms with Crippen LogP contribution in [0.3, 0.4) is 0 Å². The van der Waals surface area contributed by atoms with E-state index in [4.69, 9.17) is 11.6 Å². The summed E-state index contributed by atoms with van der Waals surface area (Å²) in [4.78, 5) is 16.1. The van der Waals surface area contributed by atoms with Crippen molar-refractivity contribution in [1.82, 2.24) is 4.90 Å². The summed E-state index contributed by atoms with van der Waals surface area (Å²) in [6, 6.07) is 5.56. The summed E-state index contributed by atoms with van der Waals surface area (Å²) in [6.07, 6.45) is 3.20. The minimum atomic E-state index is -0.0349. The first kappa shape index (κ1) is 16.3. The Balaban J connectivity index is 1.96. The Morgan fingerprint density at radius 2 is 2.29 bits per heavy atom. The Kier molecular flexibility index (Phi) is 5.65. The molecule has 0 aromatic heterocycles. The van der Waals surface area contributed by atoms with Crippen LogP contribution in [0.4, 0.5) is 16.2 Å². The maximum Gasteiger partial charge on any atom is 0.321 e. The van der Waals surface area contributed by atoms with Crippen molar-refractivity contribution in [3.05, 3.63) is 23.2 Å². The third kappa shape index (κ3) is 4.20. The van der Waals surface area contributed by atoms with E-state index in [9.17, 15) is 4.79 Å². The number of likely N-dealkylation sites (tertiary alicyclic amines) is 1. The molecule has 1 fully saturated rings. The van der Waals surface area contributed by atoms with Crippen molar-refractivity contribution in [3.8, 4) is 0 Å². The molecule has 0 unspecified atom stereocenters. The Hall–Kier alpha value is -1.07. The van der Waals surface area contributed by atoms with Crippen LogP contribution in [0.2, 0.25) is 5.02 Å². The Morgan fingerprint density at radius 1 is 1.52 bits per heavy atom. The normalized spacial score (nSPS) is 17.9. The predicted octanol–water partition coefficient (Wildman–Crippen LogP) is 3.62. The lowest BCUT2D eigenvalue weighted by Gasteiger charge is -2.19. The SMILES string of the molecule is CSC[C@H]1CCN(C(=O)Nc2ccc(N(C)C)c(Cl)c2)C1. The highest BCUT2D eigenvalue weighted by Gasteiger charge is 2.25. The molecule has 0 radical (unpaired) electrons. The van der Waals surface area contributed by atoms with E-state index in [1.165, 1.54) is 0 Å². The zero-order chi connectivity index (χ0) is 15.4. The maximum atomic E-state index is 12.2. The Bertz CT molecular complexity index is 510. The first-order valence-corrected chi connectivity index (χ1v) is 8.80. The molecular formula is C15H22ClN3OS. The standard InChI is InChI=1S/C15H22ClN3OS/c1-18(2)14-5-4-12(8-13(14)16)17-15(20)19-7-6-11(9-19)10-21-3/h4-5,8,11H,6-7,9-10H2,1-3H3,(H,17,20)/t11-/m0/s1. The predicted molar refractivity (Wildman–Crippen MR) is 92.9 cm³/mol. The molecule has 116 valence electrons. The molecule has 0 saturated carbocycles. The van der Waals surface area contributed by atoms with E-state index in [0.29, 0.717) is 10.9 Å². The molecule has 1 aliphatic rings. The van der Waals surface area contributed by atoms with Gasteiger partial charge in [0, 0.05) is 32.9 Å². The lowest BCUT2D eigenvalue weighted by atomic mass is 10.2. The summed E-state index contributed by atoms with van der Waals surface area (Å²) in [5.74, 6) is 1.73. The number of rotatable bonds is 4. The van der Waals surface area contributed by atoms with Crippen LogP contribution in [0.5, 0.6) is 0 Å². The van der Waals surface area contributed by atoms with Gasteiger partial charge in [-0.15, -0.1) is 0 Å². The summed E-state index contributed by atoms with van der Waals surface area (Å²) in [5.41, 5.74) is 1.68. The molecule has 2 amide bonds. The molecule has 0 spiro atoms. The number of thioether (sulfide) groups is 1. The number of amides is 2. The summed E-state index contributed by atoms with van der Waals surface area (Å²) in [6.45, 7) is 1.68. The first-order chi connectivity index (χ1) is 10.0. The van der Waals surface area contributed by atoms with Gasteiger partial charge >= 0.3 is 6.03 Å². The van der Waals surface area contributed by atoms with Crippen LogP contribution < -0.4 is 10.2 Å². The smallest absolute Gasteiger partial charge is 0.321 e. The molecule has 1 atom stereocenters. The lowest BCUT2D eigenvalue weighted by Crippen LogP contribution is -2.33. The molecule has 1 saturated heterocycles. The Labute approximate surface area is 135 Å². The number of anilines is 2. The van der Waals surface area contributed by atoms with Gasteiger partial charge in [0.05, 0.1) is 10.7 Å². The van der Waals surface area contributed by atoms with E-state index in [-0.39, 0.29) is 6.03 Å². The van der Waals surface area contributed by atoms with Crippen molar-refractivity contribution in [2.24, 2.45) is 5.92 Å². The fraction of sp³-hybridized carbons (Fsp3) is 0.533. The van der Waals surface area contributed by atoms with Crippen LogP contribution in [0.25, 0.3) is 0 Å². The average molecular weight is 328 g/mol. The van der Waals surface area contributed by atoms with E-state index in [2.05, 4.69) is 11.6 Å². The second-order valence-corrected chi connectivity index (χ2v) is 6.86. The molecule has 1 heterocycles. The maximum absolute atomic E-state index is 12.2. The average Bonchev–Trinajstić information content (AvgIpc) is 2.87. The summed E-state index contributed by atoms with van der Waals surface area (Å²) >= 11 is 8.06. The van der Waals surface area contributed by atoms with E-state index < -0.39 is 0 Å². The summed E-state index contributed by atoms with van der Waals surface area (Å²) in [7, 11) is 3.88. The number of benzene rings is 1. The van der Waals surface area contributed by atoms with Gasteiger partial charge < -0.3 is 15.1 Å². The number of carbonyl (C=O) groups is 1. The van der Waals surface area contributed by atoms with Gasteiger partial charge in [0.1, 0.15) is 0 Å². The molecule has 0 bridgehead atoms. The molecule has 4 nitrogen and oxygen atoms in total. The number of hydrogen-bond acceptors (Lipinski definition) is 3. The van der Waals surface area contributed by atoms with Crippen LogP contribution in [0.1, 0.15) is 6.42 Å². The molecule has 0 aliphatic carbocycles. The fourth-order valence-corrected chi connectivity index (χ4v) is 3.63. The van der Waals surface area contributed by atoms with E-state index in [0.717, 1.165) is 36.6 Å². The molecule has 2 rings (SSSR count). The van der Waals surface area contributed by atoms with Gasteiger partial charge in [0.25, 0.3) is 0 Å². The van der Waals surface area contributed by atoms with Crippen molar-refractivity contribution in [2.45, 2.75) is 6.42 Å². The minimum absolute atomic E-state index is 0.0349. The van der Waals surface area contributed by atoms with Gasteiger partial charge in [-0.2, -0.15) is 11.8 Å². The van der Waals surface area contributed by atoms with Gasteiger partial charge in [0.2, 0.25) is 0 Å². The highest BCUT2D eigenvalue weighted by atomic mass is 35.5. The van der Waals surface area contributed by atoms with Crippen molar-refractivity contribution < 1.29 is 4.79 Å². The van der Waals surface area contributed by atoms with Crippen molar-refractivity contribution in [2.75, 3.05) is 49.4 Å². The van der Waals surface area contributed by atoms with Crippen LogP contribution in [0, 0.1) is 5.92 Å². The largest absolute Gasteiger partial charge is 0.376 e. The second kappa shape index (κ2) is 7.27. The molecule has 21 heavy (non-hydrogen) atoms. The van der Waals surface area contributed by atoms with Gasteiger partial charge in [-0.3, -0.25) is 0 Å². The van der Waals surface area contributed by atoms with Crippen LogP contribution in [-0.4, -0.2) is 50.1 Å². The topological polar surface area (TPSA) is 35.6 Å². The fourth-order valence-electron chi connectivity index (χ4n) is 2.54. The second-order valence-electron chi connectivity index (χ2n) is 5.55. The number of hydrogen-bond donors (Lipinski definition) is 1. The highest BCUT2D eigenvalue weighted by Crippen LogP contribution is 2.28. The first-order valence-electron chi connectivity index (χ1n) is 7.03. The van der Waals surface area contributed by atoms with Crippen LogP contribution in [-0.2, 0) is 0 Å². The third-order valence-corrected chi connectivity index (χ3v) is 4.76. The van der Waals surface area contributed by atoms with Gasteiger partial charge in [0.15, 0.2) is 0 Å². The molecule has 1 aliphatic heterocycles. The Morgan fingerprint density at radius 3 is 2.90 bits per heavy atom. The summed E-state index contributed by atoms with van der Waals surface area (Å²) < 4.78 is 0. The van der Waals surface area contributed by atoms with Crippen LogP contribution in [0.15, 0.2) is 18.2 Å². The lowest BCUT2D eigenvalue weighted by molar-refractivity contribution is 0.221. The molecule has 1 aromatic rings. The number of halogens is 1. The van der Waals surface area contributed by atoms with E-state index >= 15 is 0 Å². The molecule has 1 aromatic carbocycles. The zero-order valence-corrected chi connectivity index (χ0v) is 14.3. The quantitative estimate of drug-likeness (QED) is 0.917. The summed E-state index contributed by atoms with van der Waals surface area (Å²) in [5, 5.41) is 3.57. The zero-order valence-electron chi connectivity index (χ0n) is 12.7. The van der Waals surface area contributed by atoms with Gasteiger partial charge in [-0.25, -0.2) is 4.79 Å². The van der Waals surface area contributed by atoms with Crippen LogP contribution >= 0.6 is 23.4 Å². The number of urea groups is 1. The molecular weight excluding hydrogens is 306 g/mol.